The van der Waals surface area contributed by atoms with Crippen LogP contribution < -0.4 is 14.8 Å². The van der Waals surface area contributed by atoms with E-state index in [0.717, 1.165) is 38.1 Å². The van der Waals surface area contributed by atoms with Crippen molar-refractivity contribution in [3.8, 4) is 22.6 Å². The summed E-state index contributed by atoms with van der Waals surface area (Å²) in [6.07, 6.45) is -3.18. The van der Waals surface area contributed by atoms with Crippen LogP contribution >= 0.6 is 12.4 Å². The minimum atomic E-state index is -4.88. The molecule has 0 saturated carbocycles. The van der Waals surface area contributed by atoms with Gasteiger partial charge >= 0.3 is 6.36 Å². The fraction of sp³-hybridized carbons (Fsp3) is 0.368. The molecule has 3 nitrogen and oxygen atoms in total. The SMILES string of the molecule is Cl.Fc1ccc(-c2ccc(OC(F)(F)F)c(OCC3CCNCC3)c2)c(F)c1. The third-order valence-electron chi connectivity index (χ3n) is 4.34. The van der Waals surface area contributed by atoms with Crippen molar-refractivity contribution in [2.75, 3.05) is 19.7 Å². The highest BCUT2D eigenvalue weighted by atomic mass is 35.5. The average Bonchev–Trinajstić information content (AvgIpc) is 2.61. The summed E-state index contributed by atoms with van der Waals surface area (Å²) in [6, 6.07) is 6.64. The fourth-order valence-corrected chi connectivity index (χ4v) is 2.98. The second-order valence-corrected chi connectivity index (χ2v) is 6.34. The lowest BCUT2D eigenvalue weighted by Crippen LogP contribution is -2.30. The maximum atomic E-state index is 14.0. The Labute approximate surface area is 165 Å². The summed E-state index contributed by atoms with van der Waals surface area (Å²) >= 11 is 0. The quantitative estimate of drug-likeness (QED) is 0.659. The molecule has 0 radical (unpaired) electrons. The molecule has 0 aliphatic carbocycles. The van der Waals surface area contributed by atoms with Crippen molar-refractivity contribution < 1.29 is 31.4 Å². The first-order valence-electron chi connectivity index (χ1n) is 8.50. The molecule has 1 fully saturated rings. The molecule has 1 saturated heterocycles. The number of hydrogen-bond donors (Lipinski definition) is 1. The van der Waals surface area contributed by atoms with E-state index in [0.29, 0.717) is 6.07 Å². The van der Waals surface area contributed by atoms with Gasteiger partial charge in [0.2, 0.25) is 0 Å². The molecule has 154 valence electrons. The molecule has 0 unspecified atom stereocenters. The van der Waals surface area contributed by atoms with Crippen molar-refractivity contribution in [3.05, 3.63) is 48.0 Å². The van der Waals surface area contributed by atoms with Gasteiger partial charge in [0.05, 0.1) is 6.61 Å². The molecule has 1 aliphatic heterocycles. The van der Waals surface area contributed by atoms with Crippen molar-refractivity contribution in [2.24, 2.45) is 5.92 Å². The van der Waals surface area contributed by atoms with Crippen LogP contribution in [0.1, 0.15) is 12.8 Å². The number of hydrogen-bond acceptors (Lipinski definition) is 3. The van der Waals surface area contributed by atoms with Gasteiger partial charge in [0, 0.05) is 11.6 Å². The van der Waals surface area contributed by atoms with Gasteiger partial charge in [0.1, 0.15) is 11.6 Å². The van der Waals surface area contributed by atoms with E-state index in [9.17, 15) is 22.0 Å². The largest absolute Gasteiger partial charge is 0.573 e. The lowest BCUT2D eigenvalue weighted by molar-refractivity contribution is -0.275. The molecule has 1 N–H and O–H groups in total. The molecule has 0 amide bonds. The summed E-state index contributed by atoms with van der Waals surface area (Å²) in [5, 5.41) is 3.20. The monoisotopic (exact) mass is 423 g/mol. The number of benzene rings is 2. The molecule has 0 spiro atoms. The third-order valence-corrected chi connectivity index (χ3v) is 4.34. The van der Waals surface area contributed by atoms with Gasteiger partial charge in [-0.2, -0.15) is 0 Å². The Hall–Kier alpha value is -2.06. The molecule has 3 rings (SSSR count). The summed E-state index contributed by atoms with van der Waals surface area (Å²) in [7, 11) is 0. The summed E-state index contributed by atoms with van der Waals surface area (Å²) in [5.41, 5.74) is 0.323. The number of ether oxygens (including phenoxy) is 2. The zero-order valence-electron chi connectivity index (χ0n) is 14.7. The predicted octanol–water partition coefficient (Wildman–Crippen LogP) is 5.33. The first-order valence-corrected chi connectivity index (χ1v) is 8.50. The Bertz CT molecular complexity index is 794. The van der Waals surface area contributed by atoms with Crippen molar-refractivity contribution in [2.45, 2.75) is 19.2 Å². The van der Waals surface area contributed by atoms with Gasteiger partial charge in [-0.25, -0.2) is 8.78 Å². The Kier molecular flexibility index (Phi) is 7.48. The van der Waals surface area contributed by atoms with Crippen LogP contribution in [0.3, 0.4) is 0 Å². The molecule has 0 bridgehead atoms. The second kappa shape index (κ2) is 9.43. The van der Waals surface area contributed by atoms with E-state index in [-0.39, 0.29) is 41.8 Å². The molecule has 28 heavy (non-hydrogen) atoms. The van der Waals surface area contributed by atoms with Gasteiger partial charge in [-0.1, -0.05) is 6.07 Å². The van der Waals surface area contributed by atoms with Gasteiger partial charge in [-0.3, -0.25) is 0 Å². The molecule has 2 aromatic rings. The molecular weight excluding hydrogens is 405 g/mol. The summed E-state index contributed by atoms with van der Waals surface area (Å²) < 4.78 is 74.7. The van der Waals surface area contributed by atoms with E-state index in [1.807, 2.05) is 0 Å². The molecule has 0 aromatic heterocycles. The molecule has 2 aromatic carbocycles. The Balaban J connectivity index is 0.00000280. The van der Waals surface area contributed by atoms with Gasteiger partial charge in [0.15, 0.2) is 11.5 Å². The highest BCUT2D eigenvalue weighted by Crippen LogP contribution is 2.37. The van der Waals surface area contributed by atoms with Crippen LogP contribution in [0, 0.1) is 17.6 Å². The fourth-order valence-electron chi connectivity index (χ4n) is 2.98. The lowest BCUT2D eigenvalue weighted by Gasteiger charge is -2.23. The van der Waals surface area contributed by atoms with E-state index in [1.165, 1.54) is 18.2 Å². The zero-order valence-corrected chi connectivity index (χ0v) is 15.5. The van der Waals surface area contributed by atoms with Crippen molar-refractivity contribution in [1.82, 2.24) is 5.32 Å². The van der Waals surface area contributed by atoms with Crippen LogP contribution in [0.2, 0.25) is 0 Å². The maximum Gasteiger partial charge on any atom is 0.573 e. The van der Waals surface area contributed by atoms with Crippen LogP contribution in [-0.4, -0.2) is 26.1 Å². The highest BCUT2D eigenvalue weighted by molar-refractivity contribution is 5.85. The molecule has 1 heterocycles. The highest BCUT2D eigenvalue weighted by Gasteiger charge is 2.32. The van der Waals surface area contributed by atoms with Crippen LogP contribution in [0.25, 0.3) is 11.1 Å². The van der Waals surface area contributed by atoms with Crippen LogP contribution in [-0.2, 0) is 0 Å². The minimum Gasteiger partial charge on any atom is -0.489 e. The number of nitrogens with one attached hydrogen (secondary N) is 1. The average molecular weight is 424 g/mol. The van der Waals surface area contributed by atoms with Crippen LogP contribution in [0.15, 0.2) is 36.4 Å². The van der Waals surface area contributed by atoms with Crippen molar-refractivity contribution >= 4 is 12.4 Å². The summed E-state index contributed by atoms with van der Waals surface area (Å²) in [6.45, 7) is 1.87. The Morgan fingerprint density at radius 1 is 0.964 bits per heavy atom. The Morgan fingerprint density at radius 2 is 1.68 bits per heavy atom. The molecule has 1 aliphatic rings. The Morgan fingerprint density at radius 3 is 2.32 bits per heavy atom. The number of piperidine rings is 1. The normalized spacial score (nSPS) is 15.0. The third kappa shape index (κ3) is 5.97. The summed E-state index contributed by atoms with van der Waals surface area (Å²) in [4.78, 5) is 0. The van der Waals surface area contributed by atoms with Crippen molar-refractivity contribution in [3.63, 3.8) is 0 Å². The number of rotatable bonds is 5. The summed E-state index contributed by atoms with van der Waals surface area (Å²) in [5.74, 6) is -1.98. The molecule has 9 heteroatoms. The topological polar surface area (TPSA) is 30.5 Å². The van der Waals surface area contributed by atoms with Gasteiger partial charge in [-0.15, -0.1) is 25.6 Å². The van der Waals surface area contributed by atoms with E-state index < -0.39 is 23.7 Å². The van der Waals surface area contributed by atoms with E-state index in [1.54, 1.807) is 0 Å². The number of halogens is 6. The van der Waals surface area contributed by atoms with Crippen LogP contribution in [0.4, 0.5) is 22.0 Å². The second-order valence-electron chi connectivity index (χ2n) is 6.34. The van der Waals surface area contributed by atoms with Crippen LogP contribution in [0.5, 0.6) is 11.5 Å². The van der Waals surface area contributed by atoms with Gasteiger partial charge < -0.3 is 14.8 Å². The van der Waals surface area contributed by atoms with Crippen molar-refractivity contribution in [1.29, 1.82) is 0 Å². The standard InChI is InChI=1S/C19H18F5NO2.ClH/c20-14-2-3-15(16(21)10-14)13-1-4-17(27-19(22,23)24)18(9-13)26-11-12-5-7-25-8-6-12;/h1-4,9-10,12,25H,5-8,11H2;1H. The lowest BCUT2D eigenvalue weighted by atomic mass is 9.99. The van der Waals surface area contributed by atoms with Gasteiger partial charge in [0.25, 0.3) is 0 Å². The molecule has 0 atom stereocenters. The van der Waals surface area contributed by atoms with Gasteiger partial charge in [-0.05, 0) is 61.7 Å². The van der Waals surface area contributed by atoms with E-state index in [4.69, 9.17) is 4.74 Å². The minimum absolute atomic E-state index is 0. The number of alkyl halides is 3. The first-order chi connectivity index (χ1) is 12.8. The zero-order chi connectivity index (χ0) is 19.4. The predicted molar refractivity (Wildman–Crippen MR) is 96.8 cm³/mol. The first kappa shape index (κ1) is 22.2. The van der Waals surface area contributed by atoms with E-state index >= 15 is 0 Å². The molecular formula is C19H19ClF5NO2. The van der Waals surface area contributed by atoms with E-state index in [2.05, 4.69) is 10.1 Å². The smallest absolute Gasteiger partial charge is 0.489 e. The maximum absolute atomic E-state index is 14.0.